The minimum absolute atomic E-state index is 0.0118. The van der Waals surface area contributed by atoms with Gasteiger partial charge in [0.25, 0.3) is 5.91 Å². The number of ether oxygens (including phenoxy) is 2. The molecule has 0 bridgehead atoms. The predicted octanol–water partition coefficient (Wildman–Crippen LogP) is 10.2. The number of aliphatic hydroxyl groups excluding tert-OH is 1. The third kappa shape index (κ3) is 11.7. The molecular formula is C44H60N4O4. The Hall–Kier alpha value is -3.69. The molecule has 1 aliphatic rings. The average molecular weight is 709 g/mol. The molecular weight excluding hydrogens is 649 g/mol. The zero-order valence-corrected chi connectivity index (χ0v) is 31.6. The van der Waals surface area contributed by atoms with E-state index >= 15 is 0 Å². The summed E-state index contributed by atoms with van der Waals surface area (Å²) in [4.78, 5) is 24.6. The van der Waals surface area contributed by atoms with Gasteiger partial charge in [-0.3, -0.25) is 9.78 Å². The molecule has 2 N–H and O–H groups in total. The van der Waals surface area contributed by atoms with Gasteiger partial charge in [-0.05, 0) is 61.3 Å². The number of amides is 1. The molecule has 4 atom stereocenters. The summed E-state index contributed by atoms with van der Waals surface area (Å²) in [7, 11) is 0. The van der Waals surface area contributed by atoms with Crippen molar-refractivity contribution in [1.29, 1.82) is 0 Å². The maximum Gasteiger partial charge on any atom is 0.275 e. The fourth-order valence-electron chi connectivity index (χ4n) is 7.09. The van der Waals surface area contributed by atoms with Crippen LogP contribution in [0.2, 0.25) is 0 Å². The van der Waals surface area contributed by atoms with Gasteiger partial charge < -0.3 is 24.8 Å². The summed E-state index contributed by atoms with van der Waals surface area (Å²) in [6, 6.07) is 23.3. The van der Waals surface area contributed by atoms with E-state index in [1.165, 1.54) is 83.2 Å². The fraction of sp³-hybridized carbons (Fsp3) is 0.523. The topological polar surface area (TPSA) is 96.8 Å². The van der Waals surface area contributed by atoms with Crippen LogP contribution in [0.4, 0.5) is 5.69 Å². The maximum atomic E-state index is 13.1. The molecule has 8 heteroatoms. The quantitative estimate of drug-likeness (QED) is 0.0832. The van der Waals surface area contributed by atoms with Crippen molar-refractivity contribution >= 4 is 22.6 Å². The van der Waals surface area contributed by atoms with Gasteiger partial charge in [-0.25, -0.2) is 4.98 Å². The van der Waals surface area contributed by atoms with Gasteiger partial charge in [-0.15, -0.1) is 0 Å². The van der Waals surface area contributed by atoms with Crippen LogP contribution in [0.3, 0.4) is 0 Å². The standard InChI is InChI=1S/C44H60N4O4/c1-4-6-8-10-12-16-28-48(29-17-13-11-9-7-5-2)31-41-33(3)42(35-22-20-34(32-49)21-23-35)52-44(51-41)36-24-26-37(27-25-36)46-43(50)40-30-45-38-18-14-15-19-39(38)47-40/h14-15,18-27,30,33,41-42,44,49H,4-13,16-17,28-29,31-32H2,1-3H3,(H,46,50)/t33-,41+,42+,44+/m0/s1. The van der Waals surface area contributed by atoms with E-state index in [2.05, 4.69) is 53.1 Å². The Morgan fingerprint density at radius 3 is 1.98 bits per heavy atom. The Morgan fingerprint density at radius 2 is 1.35 bits per heavy atom. The van der Waals surface area contributed by atoms with Crippen molar-refractivity contribution in [2.75, 3.05) is 25.0 Å². The van der Waals surface area contributed by atoms with Crippen molar-refractivity contribution < 1.29 is 19.4 Å². The van der Waals surface area contributed by atoms with Crippen LogP contribution in [-0.2, 0) is 16.1 Å². The number of nitrogens with one attached hydrogen (secondary N) is 1. The zero-order chi connectivity index (χ0) is 36.5. The number of rotatable bonds is 21. The number of carbonyl (C=O) groups is 1. The average Bonchev–Trinajstić information content (AvgIpc) is 3.18. The van der Waals surface area contributed by atoms with E-state index in [0.29, 0.717) is 11.2 Å². The van der Waals surface area contributed by atoms with Crippen LogP contribution in [-0.4, -0.2) is 51.6 Å². The lowest BCUT2D eigenvalue weighted by molar-refractivity contribution is -0.276. The van der Waals surface area contributed by atoms with Crippen molar-refractivity contribution in [3.63, 3.8) is 0 Å². The lowest BCUT2D eigenvalue weighted by atomic mass is 9.90. The smallest absolute Gasteiger partial charge is 0.275 e. The molecule has 0 aliphatic carbocycles. The highest BCUT2D eigenvalue weighted by molar-refractivity contribution is 6.03. The minimum atomic E-state index is -0.565. The molecule has 1 fully saturated rings. The minimum Gasteiger partial charge on any atom is -0.392 e. The summed E-state index contributed by atoms with van der Waals surface area (Å²) < 4.78 is 13.6. The van der Waals surface area contributed by atoms with Crippen molar-refractivity contribution in [2.24, 2.45) is 5.92 Å². The lowest BCUT2D eigenvalue weighted by Crippen LogP contribution is -2.45. The van der Waals surface area contributed by atoms with Gasteiger partial charge in [0.05, 0.1) is 36.0 Å². The molecule has 0 saturated carbocycles. The Bertz CT molecular complexity index is 1610. The molecule has 0 spiro atoms. The number of aromatic nitrogens is 2. The van der Waals surface area contributed by atoms with E-state index in [0.717, 1.165) is 41.8 Å². The molecule has 1 amide bonds. The molecule has 3 aromatic carbocycles. The summed E-state index contributed by atoms with van der Waals surface area (Å²) in [6.07, 6.45) is 16.2. The highest BCUT2D eigenvalue weighted by Crippen LogP contribution is 2.42. The largest absolute Gasteiger partial charge is 0.392 e. The highest BCUT2D eigenvalue weighted by Gasteiger charge is 2.39. The number of benzene rings is 3. The molecule has 5 rings (SSSR count). The number of hydrogen-bond donors (Lipinski definition) is 2. The van der Waals surface area contributed by atoms with Gasteiger partial charge in [-0.2, -0.15) is 0 Å². The number of fused-ring (bicyclic) bond motifs is 1. The first kappa shape index (κ1) is 39.5. The Kier molecular flexibility index (Phi) is 16.1. The first-order chi connectivity index (χ1) is 25.5. The second kappa shape index (κ2) is 21.1. The molecule has 8 nitrogen and oxygen atoms in total. The van der Waals surface area contributed by atoms with Crippen LogP contribution in [0.15, 0.2) is 79.0 Å². The summed E-state index contributed by atoms with van der Waals surface area (Å²) in [6.45, 7) is 9.83. The summed E-state index contributed by atoms with van der Waals surface area (Å²) >= 11 is 0. The van der Waals surface area contributed by atoms with E-state index < -0.39 is 6.29 Å². The molecule has 280 valence electrons. The van der Waals surface area contributed by atoms with Gasteiger partial charge in [-0.1, -0.05) is 134 Å². The van der Waals surface area contributed by atoms with Crippen LogP contribution in [0.25, 0.3) is 11.0 Å². The van der Waals surface area contributed by atoms with Crippen molar-refractivity contribution in [1.82, 2.24) is 14.9 Å². The molecule has 0 radical (unpaired) electrons. The van der Waals surface area contributed by atoms with Gasteiger partial charge in [0.2, 0.25) is 0 Å². The second-order valence-electron chi connectivity index (χ2n) is 14.5. The van der Waals surface area contributed by atoms with Crippen LogP contribution in [0, 0.1) is 5.92 Å². The fourth-order valence-corrected chi connectivity index (χ4v) is 7.09. The molecule has 2 heterocycles. The second-order valence-corrected chi connectivity index (χ2v) is 14.5. The maximum absolute atomic E-state index is 13.1. The van der Waals surface area contributed by atoms with Crippen molar-refractivity contribution in [2.45, 2.75) is 123 Å². The first-order valence-electron chi connectivity index (χ1n) is 19.8. The van der Waals surface area contributed by atoms with E-state index in [9.17, 15) is 9.90 Å². The summed E-state index contributed by atoms with van der Waals surface area (Å²) in [5, 5.41) is 12.6. The predicted molar refractivity (Wildman–Crippen MR) is 210 cm³/mol. The van der Waals surface area contributed by atoms with Gasteiger partial charge in [0.15, 0.2) is 6.29 Å². The normalized spacial score (nSPS) is 18.9. The summed E-state index contributed by atoms with van der Waals surface area (Å²) in [5.74, 6) is -0.193. The van der Waals surface area contributed by atoms with Gasteiger partial charge in [0.1, 0.15) is 5.69 Å². The number of hydrogen-bond acceptors (Lipinski definition) is 7. The number of para-hydroxylation sites is 2. The molecule has 4 aromatic rings. The Morgan fingerprint density at radius 1 is 0.750 bits per heavy atom. The van der Waals surface area contributed by atoms with E-state index in [1.807, 2.05) is 60.7 Å². The first-order valence-corrected chi connectivity index (χ1v) is 19.8. The van der Waals surface area contributed by atoms with Gasteiger partial charge >= 0.3 is 0 Å². The van der Waals surface area contributed by atoms with Crippen LogP contribution in [0.1, 0.15) is 137 Å². The highest BCUT2D eigenvalue weighted by atomic mass is 16.7. The van der Waals surface area contributed by atoms with Crippen molar-refractivity contribution in [3.05, 3.63) is 101 Å². The molecule has 52 heavy (non-hydrogen) atoms. The van der Waals surface area contributed by atoms with Gasteiger partial charge in [0, 0.05) is 23.7 Å². The van der Waals surface area contributed by atoms with E-state index in [-0.39, 0.29) is 36.3 Å². The van der Waals surface area contributed by atoms with Crippen molar-refractivity contribution in [3.8, 4) is 0 Å². The lowest BCUT2D eigenvalue weighted by Gasteiger charge is -2.43. The number of unbranched alkanes of at least 4 members (excludes halogenated alkanes) is 10. The SMILES string of the molecule is CCCCCCCCN(CCCCCCCC)C[C@H]1O[C@@H](c2ccc(NC(=O)c3cnc4ccccc4n3)cc2)O[C@@H](c2ccc(CO)cc2)[C@H]1C. The van der Waals surface area contributed by atoms with Crippen LogP contribution >= 0.6 is 0 Å². The van der Waals surface area contributed by atoms with Crippen LogP contribution in [0.5, 0.6) is 0 Å². The third-order valence-corrected chi connectivity index (χ3v) is 10.3. The molecule has 1 aromatic heterocycles. The number of anilines is 1. The number of carbonyl (C=O) groups excluding carboxylic acids is 1. The van der Waals surface area contributed by atoms with Crippen LogP contribution < -0.4 is 5.32 Å². The van der Waals surface area contributed by atoms with E-state index in [4.69, 9.17) is 9.47 Å². The Labute approximate surface area is 311 Å². The monoisotopic (exact) mass is 708 g/mol. The summed E-state index contributed by atoms with van der Waals surface area (Å²) in [5.41, 5.74) is 5.22. The molecule has 1 aliphatic heterocycles. The zero-order valence-electron chi connectivity index (χ0n) is 31.6. The molecule has 1 saturated heterocycles. The third-order valence-electron chi connectivity index (χ3n) is 10.3. The van der Waals surface area contributed by atoms with E-state index in [1.54, 1.807) is 0 Å². The number of nitrogens with zero attached hydrogens (tertiary/aromatic N) is 3. The number of aliphatic hydroxyl groups is 1. The molecule has 0 unspecified atom stereocenters. The Balaban J connectivity index is 1.29.